The van der Waals surface area contributed by atoms with Gasteiger partial charge in [0, 0.05) is 13.1 Å². The van der Waals surface area contributed by atoms with Crippen LogP contribution in [-0.4, -0.2) is 61.6 Å². The number of ether oxygens (including phenoxy) is 2. The first-order chi connectivity index (χ1) is 18.9. The number of benzene rings is 3. The number of carbonyl (C=O) groups excluding carboxylic acids is 4. The van der Waals surface area contributed by atoms with Crippen molar-refractivity contribution >= 4 is 57.1 Å². The Morgan fingerprint density at radius 3 is 1.95 bits per heavy atom. The van der Waals surface area contributed by atoms with Crippen LogP contribution in [0.4, 0.5) is 16.2 Å². The van der Waals surface area contributed by atoms with E-state index in [1.54, 1.807) is 83.8 Å². The maximum Gasteiger partial charge on any atom is 0.343 e. The Bertz CT molecular complexity index is 1370. The number of rotatable bonds is 6. The smallest absolute Gasteiger partial charge is 0.343 e. The molecule has 3 aromatic carbocycles. The van der Waals surface area contributed by atoms with Gasteiger partial charge in [-0.2, -0.15) is 0 Å². The molecule has 2 heterocycles. The Balaban J connectivity index is 1.43. The molecule has 0 N–H and O–H groups in total. The van der Waals surface area contributed by atoms with Gasteiger partial charge < -0.3 is 14.4 Å². The Morgan fingerprint density at radius 2 is 1.41 bits per heavy atom. The van der Waals surface area contributed by atoms with Crippen molar-refractivity contribution in [3.63, 3.8) is 0 Å². The first-order valence-electron chi connectivity index (χ1n) is 12.3. The fraction of sp³-hybridized carbons (Fsp3) is 0.172. The third kappa shape index (κ3) is 5.62. The van der Waals surface area contributed by atoms with Crippen molar-refractivity contribution in [2.75, 3.05) is 42.7 Å². The molecule has 39 heavy (non-hydrogen) atoms. The highest BCUT2D eigenvalue weighted by Crippen LogP contribution is 2.31. The average molecular weight is 590 g/mol. The van der Waals surface area contributed by atoms with Crippen LogP contribution in [0.15, 0.2) is 88.9 Å². The molecular formula is C29H24BrN3O6. The Morgan fingerprint density at radius 1 is 0.846 bits per heavy atom. The average Bonchev–Trinajstić information content (AvgIpc) is 2.96. The third-order valence-corrected chi connectivity index (χ3v) is 6.88. The molecule has 5 rings (SSSR count). The van der Waals surface area contributed by atoms with Gasteiger partial charge in [0.25, 0.3) is 17.7 Å². The summed E-state index contributed by atoms with van der Waals surface area (Å²) in [6.45, 7) is 1.94. The van der Waals surface area contributed by atoms with Crippen molar-refractivity contribution in [1.82, 2.24) is 4.90 Å². The zero-order valence-electron chi connectivity index (χ0n) is 20.8. The van der Waals surface area contributed by atoms with Crippen LogP contribution in [0.5, 0.6) is 5.75 Å². The molecule has 0 saturated carbocycles. The van der Waals surface area contributed by atoms with E-state index in [4.69, 9.17) is 9.47 Å². The van der Waals surface area contributed by atoms with Crippen LogP contribution in [-0.2, 0) is 19.1 Å². The van der Waals surface area contributed by atoms with E-state index in [1.807, 2.05) is 0 Å². The number of urea groups is 1. The summed E-state index contributed by atoms with van der Waals surface area (Å²) >= 11 is 3.45. The second-order valence-electron chi connectivity index (χ2n) is 8.76. The SMILES string of the molecule is O=C(COc1ccc(C=C2C(=O)N(c3ccccc3)C(=O)N(c3ccccc3)C2=O)cc1Br)N1CCOCC1. The summed E-state index contributed by atoms with van der Waals surface area (Å²) in [4.78, 5) is 56.5. The number of carbonyl (C=O) groups is 4. The van der Waals surface area contributed by atoms with Crippen LogP contribution in [0.3, 0.4) is 0 Å². The number of hydrogen-bond donors (Lipinski definition) is 0. The Labute approximate surface area is 233 Å². The van der Waals surface area contributed by atoms with Crippen LogP contribution < -0.4 is 14.5 Å². The first kappa shape index (κ1) is 26.3. The Kier molecular flexibility index (Phi) is 7.85. The summed E-state index contributed by atoms with van der Waals surface area (Å²) in [6.07, 6.45) is 1.44. The maximum absolute atomic E-state index is 13.5. The lowest BCUT2D eigenvalue weighted by Gasteiger charge is -2.33. The van der Waals surface area contributed by atoms with E-state index in [0.717, 1.165) is 9.80 Å². The van der Waals surface area contributed by atoms with Crippen molar-refractivity contribution in [3.8, 4) is 5.75 Å². The molecule has 2 fully saturated rings. The number of imide groups is 2. The number of barbiturate groups is 1. The van der Waals surface area contributed by atoms with Gasteiger partial charge in [-0.15, -0.1) is 0 Å². The van der Waals surface area contributed by atoms with E-state index in [1.165, 1.54) is 6.08 Å². The molecule has 3 aromatic rings. The molecular weight excluding hydrogens is 566 g/mol. The second-order valence-corrected chi connectivity index (χ2v) is 9.62. The quantitative estimate of drug-likeness (QED) is 0.315. The number of hydrogen-bond acceptors (Lipinski definition) is 6. The number of halogens is 1. The van der Waals surface area contributed by atoms with Gasteiger partial charge in [-0.05, 0) is 64.0 Å². The van der Waals surface area contributed by atoms with E-state index in [-0.39, 0.29) is 18.1 Å². The number of para-hydroxylation sites is 2. The largest absolute Gasteiger partial charge is 0.483 e. The molecule has 0 unspecified atom stereocenters. The minimum Gasteiger partial charge on any atom is -0.483 e. The zero-order chi connectivity index (χ0) is 27.4. The number of anilines is 2. The van der Waals surface area contributed by atoms with E-state index in [9.17, 15) is 19.2 Å². The normalized spacial score (nSPS) is 16.0. The van der Waals surface area contributed by atoms with E-state index in [2.05, 4.69) is 15.9 Å². The van der Waals surface area contributed by atoms with E-state index < -0.39 is 17.8 Å². The highest BCUT2D eigenvalue weighted by atomic mass is 79.9. The minimum atomic E-state index is -0.755. The van der Waals surface area contributed by atoms with Crippen molar-refractivity contribution in [2.24, 2.45) is 0 Å². The van der Waals surface area contributed by atoms with Crippen LogP contribution in [0, 0.1) is 0 Å². The summed E-state index contributed by atoms with van der Waals surface area (Å²) in [5.41, 5.74) is 1.05. The zero-order valence-corrected chi connectivity index (χ0v) is 22.4. The van der Waals surface area contributed by atoms with E-state index in [0.29, 0.717) is 53.5 Å². The van der Waals surface area contributed by atoms with Crippen LogP contribution in [0.2, 0.25) is 0 Å². The first-order valence-corrected chi connectivity index (χ1v) is 13.1. The number of amides is 5. The van der Waals surface area contributed by atoms with Crippen LogP contribution >= 0.6 is 15.9 Å². The van der Waals surface area contributed by atoms with Crippen molar-refractivity contribution in [2.45, 2.75) is 0 Å². The molecule has 0 aromatic heterocycles. The van der Waals surface area contributed by atoms with Gasteiger partial charge >= 0.3 is 6.03 Å². The summed E-state index contributed by atoms with van der Waals surface area (Å²) in [5, 5.41) is 0. The summed E-state index contributed by atoms with van der Waals surface area (Å²) in [5.74, 6) is -1.15. The maximum atomic E-state index is 13.5. The summed E-state index contributed by atoms with van der Waals surface area (Å²) in [7, 11) is 0. The number of morpholine rings is 1. The molecule has 9 nitrogen and oxygen atoms in total. The molecule has 5 amide bonds. The van der Waals surface area contributed by atoms with Crippen LogP contribution in [0.1, 0.15) is 5.56 Å². The van der Waals surface area contributed by atoms with Crippen molar-refractivity contribution in [3.05, 3.63) is 94.5 Å². The number of nitrogens with zero attached hydrogens (tertiary/aromatic N) is 3. The predicted octanol–water partition coefficient (Wildman–Crippen LogP) is 4.27. The highest BCUT2D eigenvalue weighted by molar-refractivity contribution is 9.10. The lowest BCUT2D eigenvalue weighted by Crippen LogP contribution is -2.57. The monoisotopic (exact) mass is 589 g/mol. The predicted molar refractivity (Wildman–Crippen MR) is 148 cm³/mol. The molecule has 198 valence electrons. The van der Waals surface area contributed by atoms with Gasteiger partial charge in [-0.25, -0.2) is 14.6 Å². The fourth-order valence-electron chi connectivity index (χ4n) is 4.27. The van der Waals surface area contributed by atoms with Gasteiger partial charge in [-0.3, -0.25) is 14.4 Å². The standard InChI is InChI=1S/C29H24BrN3O6/c30-24-18-20(11-12-25(24)39-19-26(34)31-13-15-38-16-14-31)17-23-27(35)32(21-7-3-1-4-8-21)29(37)33(28(23)36)22-9-5-2-6-10-22/h1-12,17-18H,13-16,19H2. The fourth-order valence-corrected chi connectivity index (χ4v) is 4.78. The molecule has 0 spiro atoms. The van der Waals surface area contributed by atoms with Crippen molar-refractivity contribution in [1.29, 1.82) is 0 Å². The lowest BCUT2D eigenvalue weighted by atomic mass is 10.0. The molecule has 2 aliphatic rings. The highest BCUT2D eigenvalue weighted by Gasteiger charge is 2.43. The van der Waals surface area contributed by atoms with Crippen LogP contribution in [0.25, 0.3) is 6.08 Å². The topological polar surface area (TPSA) is 96.5 Å². The van der Waals surface area contributed by atoms with Crippen molar-refractivity contribution < 1.29 is 28.7 Å². The second kappa shape index (κ2) is 11.6. The molecule has 0 atom stereocenters. The molecule has 2 aliphatic heterocycles. The van der Waals surface area contributed by atoms with E-state index >= 15 is 0 Å². The lowest BCUT2D eigenvalue weighted by molar-refractivity contribution is -0.137. The summed E-state index contributed by atoms with van der Waals surface area (Å²) in [6, 6.07) is 21.2. The molecule has 0 aliphatic carbocycles. The molecule has 2 saturated heterocycles. The van der Waals surface area contributed by atoms with Gasteiger partial charge in [0.2, 0.25) is 0 Å². The Hall–Kier alpha value is -4.28. The third-order valence-electron chi connectivity index (χ3n) is 6.26. The molecule has 10 heteroatoms. The van der Waals surface area contributed by atoms with Gasteiger partial charge in [0.05, 0.1) is 29.1 Å². The minimum absolute atomic E-state index is 0.129. The van der Waals surface area contributed by atoms with Gasteiger partial charge in [-0.1, -0.05) is 42.5 Å². The summed E-state index contributed by atoms with van der Waals surface area (Å²) < 4.78 is 11.5. The van der Waals surface area contributed by atoms with Gasteiger partial charge in [0.15, 0.2) is 6.61 Å². The molecule has 0 bridgehead atoms. The molecule has 0 radical (unpaired) electrons. The van der Waals surface area contributed by atoms with Gasteiger partial charge in [0.1, 0.15) is 11.3 Å².